The predicted octanol–water partition coefficient (Wildman–Crippen LogP) is 4.16. The van der Waals surface area contributed by atoms with Gasteiger partial charge >= 0.3 is 0 Å². The summed E-state index contributed by atoms with van der Waals surface area (Å²) < 4.78 is 32.1. The van der Waals surface area contributed by atoms with Gasteiger partial charge in [0.25, 0.3) is 21.8 Å². The highest BCUT2D eigenvalue weighted by Gasteiger charge is 2.48. The zero-order chi connectivity index (χ0) is 23.2. The van der Waals surface area contributed by atoms with E-state index in [0.717, 1.165) is 22.0 Å². The first-order valence-electron chi connectivity index (χ1n) is 10.6. The quantitative estimate of drug-likeness (QED) is 0.541. The van der Waals surface area contributed by atoms with Crippen molar-refractivity contribution in [1.29, 1.82) is 0 Å². The lowest BCUT2D eigenvalue weighted by molar-refractivity contribution is 0.0864. The van der Waals surface area contributed by atoms with Crippen LogP contribution in [-0.4, -0.2) is 42.2 Å². The Balaban J connectivity index is 1.32. The van der Waals surface area contributed by atoms with Gasteiger partial charge in [-0.15, -0.1) is 11.3 Å². The fraction of sp³-hybridized carbons (Fsp3) is 0.261. The number of hydrogen-bond acceptors (Lipinski definition) is 7. The molecule has 1 fully saturated rings. The van der Waals surface area contributed by atoms with Crippen LogP contribution >= 0.6 is 11.3 Å². The minimum absolute atomic E-state index is 0.112. The Kier molecular flexibility index (Phi) is 5.41. The molecule has 0 atom stereocenters. The van der Waals surface area contributed by atoms with E-state index < -0.39 is 21.8 Å². The molecular weight excluding hydrogens is 462 g/mol. The summed E-state index contributed by atoms with van der Waals surface area (Å²) in [6.07, 6.45) is 2.28. The fourth-order valence-corrected chi connectivity index (χ4v) is 6.19. The molecule has 1 aliphatic heterocycles. The molecule has 1 N–H and O–H groups in total. The number of nitrogens with one attached hydrogen (secondary N) is 1. The highest BCUT2D eigenvalue weighted by molar-refractivity contribution is 7.90. The van der Waals surface area contributed by atoms with Gasteiger partial charge in [0.1, 0.15) is 10.6 Å². The van der Waals surface area contributed by atoms with Crippen molar-refractivity contribution >= 4 is 38.3 Å². The van der Waals surface area contributed by atoms with Crippen LogP contribution in [0.15, 0.2) is 52.7 Å². The number of rotatable bonds is 7. The van der Waals surface area contributed by atoms with E-state index in [4.69, 9.17) is 4.74 Å². The lowest BCUT2D eigenvalue weighted by atomic mass is 10.1. The number of carbonyl (C=O) groups excluding carboxylic acids is 2. The summed E-state index contributed by atoms with van der Waals surface area (Å²) in [5.41, 5.74) is 1.86. The van der Waals surface area contributed by atoms with Crippen LogP contribution in [0.4, 0.5) is 5.13 Å². The fourth-order valence-electron chi connectivity index (χ4n) is 3.63. The number of nitrogens with zero attached hydrogens (tertiary/aromatic N) is 2. The van der Waals surface area contributed by atoms with Crippen LogP contribution in [-0.2, 0) is 10.0 Å². The number of ether oxygens (including phenoxy) is 1. The molecule has 2 aliphatic rings. The highest BCUT2D eigenvalue weighted by atomic mass is 32.2. The molecule has 8 nitrogen and oxygen atoms in total. The first-order valence-corrected chi connectivity index (χ1v) is 12.9. The van der Waals surface area contributed by atoms with Crippen LogP contribution in [0.25, 0.3) is 11.3 Å². The van der Waals surface area contributed by atoms with Crippen molar-refractivity contribution in [2.75, 3.05) is 11.9 Å². The Bertz CT molecular complexity index is 1340. The molecule has 1 aliphatic carbocycles. The molecule has 0 saturated heterocycles. The third-order valence-corrected chi connectivity index (χ3v) is 8.07. The van der Waals surface area contributed by atoms with E-state index in [1.807, 2.05) is 36.6 Å². The second-order valence-electron chi connectivity index (χ2n) is 7.91. The second-order valence-corrected chi connectivity index (χ2v) is 10.6. The lowest BCUT2D eigenvalue weighted by Crippen LogP contribution is -2.31. The summed E-state index contributed by atoms with van der Waals surface area (Å²) in [7, 11) is -3.92. The zero-order valence-corrected chi connectivity index (χ0v) is 19.4. The molecule has 2 heterocycles. The second kappa shape index (κ2) is 8.27. The van der Waals surface area contributed by atoms with Gasteiger partial charge < -0.3 is 4.74 Å². The highest BCUT2D eigenvalue weighted by Crippen LogP contribution is 2.39. The lowest BCUT2D eigenvalue weighted by Gasteiger charge is -2.13. The first-order chi connectivity index (χ1) is 15.9. The van der Waals surface area contributed by atoms with Crippen LogP contribution in [0, 0.1) is 0 Å². The summed E-state index contributed by atoms with van der Waals surface area (Å²) in [5.74, 6) is -0.223. The Morgan fingerprint density at radius 2 is 1.97 bits per heavy atom. The van der Waals surface area contributed by atoms with Gasteiger partial charge in [0.2, 0.25) is 0 Å². The topological polar surface area (TPSA) is 106 Å². The number of carbonyl (C=O) groups is 2. The number of thiazole rings is 1. The van der Waals surface area contributed by atoms with Gasteiger partial charge in [-0.3, -0.25) is 14.9 Å². The molecule has 0 unspecified atom stereocenters. The molecule has 10 heteroatoms. The van der Waals surface area contributed by atoms with Gasteiger partial charge in [0.05, 0.1) is 17.9 Å². The van der Waals surface area contributed by atoms with Crippen molar-refractivity contribution in [3.8, 4) is 17.0 Å². The number of aromatic nitrogens is 1. The number of amides is 2. The summed E-state index contributed by atoms with van der Waals surface area (Å²) in [5, 5.41) is 4.93. The standard InChI is InChI=1S/C23H21N3O5S2/c1-2-11-31-17-8-3-14(4-9-17)19-13-32-23(24-19)25-21(27)15-5-10-18-20(12-15)33(29,30)26(22(18)28)16-6-7-16/h3-5,8-10,12-13,16H,2,6-7,11H2,1H3,(H,24,25,27). The van der Waals surface area contributed by atoms with Crippen LogP contribution in [0.5, 0.6) is 5.75 Å². The molecule has 1 saturated carbocycles. The van der Waals surface area contributed by atoms with E-state index in [1.165, 1.54) is 29.5 Å². The number of anilines is 1. The molecule has 0 bridgehead atoms. The summed E-state index contributed by atoms with van der Waals surface area (Å²) in [4.78, 5) is 29.6. The molecule has 2 amide bonds. The number of fused-ring (bicyclic) bond motifs is 1. The van der Waals surface area contributed by atoms with Crippen molar-refractivity contribution in [2.45, 2.75) is 37.1 Å². The van der Waals surface area contributed by atoms with Gasteiger partial charge in [-0.2, -0.15) is 0 Å². The average molecular weight is 484 g/mol. The molecule has 2 aromatic carbocycles. The average Bonchev–Trinajstić information content (AvgIpc) is 3.49. The van der Waals surface area contributed by atoms with Crippen LogP contribution < -0.4 is 10.1 Å². The van der Waals surface area contributed by atoms with Gasteiger partial charge in [0, 0.05) is 22.5 Å². The third-order valence-electron chi connectivity index (χ3n) is 5.44. The van der Waals surface area contributed by atoms with E-state index in [1.54, 1.807) is 0 Å². The van der Waals surface area contributed by atoms with Gasteiger partial charge in [-0.1, -0.05) is 6.92 Å². The summed E-state index contributed by atoms with van der Waals surface area (Å²) >= 11 is 1.27. The minimum Gasteiger partial charge on any atom is -0.494 e. The van der Waals surface area contributed by atoms with E-state index in [-0.39, 0.29) is 22.1 Å². The Morgan fingerprint density at radius 3 is 2.67 bits per heavy atom. The van der Waals surface area contributed by atoms with Gasteiger partial charge in [-0.05, 0) is 61.7 Å². The third kappa shape index (κ3) is 4.00. The number of sulfonamides is 1. The van der Waals surface area contributed by atoms with Gasteiger partial charge in [-0.25, -0.2) is 17.7 Å². The predicted molar refractivity (Wildman–Crippen MR) is 124 cm³/mol. The molecule has 33 heavy (non-hydrogen) atoms. The maximum absolute atomic E-state index is 12.8. The Hall–Kier alpha value is -3.24. The molecule has 0 radical (unpaired) electrons. The van der Waals surface area contributed by atoms with Crippen molar-refractivity contribution in [1.82, 2.24) is 9.29 Å². The summed E-state index contributed by atoms with van der Waals surface area (Å²) in [6, 6.07) is 11.4. The molecule has 170 valence electrons. The maximum atomic E-state index is 12.8. The van der Waals surface area contributed by atoms with Crippen molar-refractivity contribution in [2.24, 2.45) is 0 Å². The Labute approximate surface area is 195 Å². The molecule has 1 aromatic heterocycles. The Morgan fingerprint density at radius 1 is 1.21 bits per heavy atom. The minimum atomic E-state index is -3.92. The molecule has 5 rings (SSSR count). The molecule has 0 spiro atoms. The number of hydrogen-bond donors (Lipinski definition) is 1. The normalized spacial score (nSPS) is 16.5. The molecule has 3 aromatic rings. The monoisotopic (exact) mass is 483 g/mol. The van der Waals surface area contributed by atoms with E-state index in [0.29, 0.717) is 30.3 Å². The smallest absolute Gasteiger partial charge is 0.269 e. The molecular formula is C23H21N3O5S2. The van der Waals surface area contributed by atoms with Crippen LogP contribution in [0.1, 0.15) is 46.9 Å². The van der Waals surface area contributed by atoms with Crippen molar-refractivity contribution in [3.05, 3.63) is 59.0 Å². The van der Waals surface area contributed by atoms with Crippen molar-refractivity contribution < 1.29 is 22.7 Å². The zero-order valence-electron chi connectivity index (χ0n) is 17.8. The van der Waals surface area contributed by atoms with Crippen molar-refractivity contribution in [3.63, 3.8) is 0 Å². The van der Waals surface area contributed by atoms with Crippen LogP contribution in [0.3, 0.4) is 0 Å². The van der Waals surface area contributed by atoms with E-state index >= 15 is 0 Å². The first kappa shape index (κ1) is 21.6. The number of benzene rings is 2. The summed E-state index contributed by atoms with van der Waals surface area (Å²) in [6.45, 7) is 2.70. The van der Waals surface area contributed by atoms with E-state index in [9.17, 15) is 18.0 Å². The van der Waals surface area contributed by atoms with E-state index in [2.05, 4.69) is 10.3 Å². The SMILES string of the molecule is CCCOc1ccc(-c2csc(NC(=O)c3ccc4c(c3)S(=O)(=O)N(C3CC3)C4=O)n2)cc1. The van der Waals surface area contributed by atoms with Crippen LogP contribution in [0.2, 0.25) is 0 Å². The maximum Gasteiger partial charge on any atom is 0.269 e. The largest absolute Gasteiger partial charge is 0.494 e. The van der Waals surface area contributed by atoms with Gasteiger partial charge in [0.15, 0.2) is 5.13 Å².